The lowest BCUT2D eigenvalue weighted by Gasteiger charge is -2.09. The first kappa shape index (κ1) is 20.0. The molecule has 0 fully saturated rings. The average Bonchev–Trinajstić information content (AvgIpc) is 3.35. The fraction of sp³-hybridized carbons (Fsp3) is 0.0400. The van der Waals surface area contributed by atoms with E-state index in [4.69, 9.17) is 9.15 Å². The fourth-order valence-corrected chi connectivity index (χ4v) is 2.92. The van der Waals surface area contributed by atoms with Crippen molar-refractivity contribution in [1.82, 2.24) is 0 Å². The quantitative estimate of drug-likeness (QED) is 0.428. The van der Waals surface area contributed by atoms with Gasteiger partial charge in [-0.05, 0) is 60.2 Å². The first-order valence-corrected chi connectivity index (χ1v) is 9.70. The van der Waals surface area contributed by atoms with Crippen LogP contribution in [0.4, 0.5) is 11.4 Å². The number of hydrogen-bond donors (Lipinski definition) is 2. The highest BCUT2D eigenvalue weighted by molar-refractivity contribution is 6.06. The van der Waals surface area contributed by atoms with Gasteiger partial charge in [0.15, 0.2) is 5.76 Å². The molecule has 0 unspecified atom stereocenters. The molecule has 154 valence electrons. The van der Waals surface area contributed by atoms with Crippen LogP contribution >= 0.6 is 0 Å². The third kappa shape index (κ3) is 5.39. The molecule has 0 saturated carbocycles. The van der Waals surface area contributed by atoms with Gasteiger partial charge in [-0.25, -0.2) is 0 Å². The summed E-state index contributed by atoms with van der Waals surface area (Å²) in [6, 6.07) is 27.0. The Morgan fingerprint density at radius 3 is 2.26 bits per heavy atom. The number of ether oxygens (including phenoxy) is 1. The molecule has 2 amide bonds. The molecular weight excluding hydrogens is 392 g/mol. The van der Waals surface area contributed by atoms with E-state index < -0.39 is 0 Å². The number of furan rings is 1. The van der Waals surface area contributed by atoms with E-state index in [9.17, 15) is 9.59 Å². The van der Waals surface area contributed by atoms with E-state index in [1.807, 2.05) is 30.3 Å². The number of amides is 2. The molecule has 0 saturated heterocycles. The number of anilines is 2. The van der Waals surface area contributed by atoms with Crippen LogP contribution < -0.4 is 15.4 Å². The van der Waals surface area contributed by atoms with Gasteiger partial charge in [0.2, 0.25) is 0 Å². The first-order valence-electron chi connectivity index (χ1n) is 9.70. The van der Waals surface area contributed by atoms with Crippen LogP contribution in [0, 0.1) is 0 Å². The largest absolute Gasteiger partial charge is 0.489 e. The third-order valence-corrected chi connectivity index (χ3v) is 4.49. The van der Waals surface area contributed by atoms with Crippen LogP contribution in [-0.4, -0.2) is 11.8 Å². The second kappa shape index (κ2) is 9.45. The van der Waals surface area contributed by atoms with Crippen LogP contribution in [0.3, 0.4) is 0 Å². The van der Waals surface area contributed by atoms with E-state index in [2.05, 4.69) is 10.6 Å². The van der Waals surface area contributed by atoms with Gasteiger partial charge in [-0.3, -0.25) is 9.59 Å². The summed E-state index contributed by atoms with van der Waals surface area (Å²) in [5, 5.41) is 5.55. The summed E-state index contributed by atoms with van der Waals surface area (Å²) in [5.74, 6) is 0.245. The summed E-state index contributed by atoms with van der Waals surface area (Å²) >= 11 is 0. The molecule has 0 atom stereocenters. The smallest absolute Gasteiger partial charge is 0.291 e. The summed E-state index contributed by atoms with van der Waals surface area (Å²) in [5.41, 5.74) is 2.64. The SMILES string of the molecule is O=C(Nc1ccc(OCc2ccccc2)cc1)c1cccc(NC(=O)c2ccco2)c1. The maximum absolute atomic E-state index is 12.6. The van der Waals surface area contributed by atoms with E-state index in [0.717, 1.165) is 5.56 Å². The van der Waals surface area contributed by atoms with Crippen molar-refractivity contribution in [3.05, 3.63) is 114 Å². The van der Waals surface area contributed by atoms with Crippen LogP contribution in [0.25, 0.3) is 0 Å². The van der Waals surface area contributed by atoms with Crippen molar-refractivity contribution >= 4 is 23.2 Å². The first-order chi connectivity index (χ1) is 15.2. The van der Waals surface area contributed by atoms with Crippen LogP contribution in [0.1, 0.15) is 26.5 Å². The van der Waals surface area contributed by atoms with E-state index in [1.165, 1.54) is 6.26 Å². The van der Waals surface area contributed by atoms with Crippen molar-refractivity contribution in [2.24, 2.45) is 0 Å². The van der Waals surface area contributed by atoms with E-state index in [1.54, 1.807) is 60.7 Å². The normalized spacial score (nSPS) is 10.3. The molecule has 0 bridgehead atoms. The van der Waals surface area contributed by atoms with Gasteiger partial charge >= 0.3 is 0 Å². The Morgan fingerprint density at radius 1 is 0.742 bits per heavy atom. The van der Waals surface area contributed by atoms with Gasteiger partial charge in [-0.15, -0.1) is 0 Å². The fourth-order valence-electron chi connectivity index (χ4n) is 2.92. The average molecular weight is 412 g/mol. The van der Waals surface area contributed by atoms with Gasteiger partial charge in [-0.1, -0.05) is 36.4 Å². The molecule has 4 rings (SSSR count). The van der Waals surface area contributed by atoms with E-state index in [-0.39, 0.29) is 17.6 Å². The van der Waals surface area contributed by atoms with Gasteiger partial charge in [0, 0.05) is 16.9 Å². The monoisotopic (exact) mass is 412 g/mol. The highest BCUT2D eigenvalue weighted by Gasteiger charge is 2.11. The number of benzene rings is 3. The Hall–Kier alpha value is -4.32. The summed E-state index contributed by atoms with van der Waals surface area (Å²) in [6.07, 6.45) is 1.43. The standard InChI is InChI=1S/C25H20N2O4/c28-24(19-8-4-9-21(16-19)27-25(29)23-10-5-15-30-23)26-20-11-13-22(14-12-20)31-17-18-6-2-1-3-7-18/h1-16H,17H2,(H,26,28)(H,27,29). The Bertz CT molecular complexity index is 1150. The predicted octanol–water partition coefficient (Wildman–Crippen LogP) is 5.36. The number of carbonyl (C=O) groups is 2. The summed E-state index contributed by atoms with van der Waals surface area (Å²) in [6.45, 7) is 0.475. The molecular formula is C25H20N2O4. The van der Waals surface area contributed by atoms with Crippen molar-refractivity contribution in [2.45, 2.75) is 6.61 Å². The minimum atomic E-state index is -0.381. The Labute approximate surface area is 179 Å². The molecule has 1 heterocycles. The van der Waals surface area contributed by atoms with Gasteiger partial charge in [-0.2, -0.15) is 0 Å². The molecule has 0 aliphatic heterocycles. The zero-order valence-corrected chi connectivity index (χ0v) is 16.6. The summed E-state index contributed by atoms with van der Waals surface area (Å²) < 4.78 is 10.8. The van der Waals surface area contributed by atoms with Crippen molar-refractivity contribution in [3.63, 3.8) is 0 Å². The molecule has 0 aliphatic carbocycles. The van der Waals surface area contributed by atoms with Crippen molar-refractivity contribution in [1.29, 1.82) is 0 Å². The zero-order chi connectivity index (χ0) is 21.5. The van der Waals surface area contributed by atoms with E-state index >= 15 is 0 Å². The molecule has 4 aromatic rings. The predicted molar refractivity (Wildman–Crippen MR) is 118 cm³/mol. The van der Waals surface area contributed by atoms with Crippen molar-refractivity contribution in [2.75, 3.05) is 10.6 Å². The minimum Gasteiger partial charge on any atom is -0.489 e. The summed E-state index contributed by atoms with van der Waals surface area (Å²) in [7, 11) is 0. The van der Waals surface area contributed by atoms with E-state index in [0.29, 0.717) is 29.3 Å². The Balaban J connectivity index is 1.35. The third-order valence-electron chi connectivity index (χ3n) is 4.49. The number of hydrogen-bond acceptors (Lipinski definition) is 4. The molecule has 1 aromatic heterocycles. The molecule has 31 heavy (non-hydrogen) atoms. The minimum absolute atomic E-state index is 0.199. The molecule has 3 aromatic carbocycles. The number of carbonyl (C=O) groups excluding carboxylic acids is 2. The van der Waals surface area contributed by atoms with Crippen LogP contribution in [0.5, 0.6) is 5.75 Å². The van der Waals surface area contributed by atoms with Crippen molar-refractivity contribution in [3.8, 4) is 5.75 Å². The molecule has 0 radical (unpaired) electrons. The van der Waals surface area contributed by atoms with Gasteiger partial charge < -0.3 is 19.8 Å². The lowest BCUT2D eigenvalue weighted by molar-refractivity contribution is 0.0993. The van der Waals surface area contributed by atoms with Crippen LogP contribution in [0.2, 0.25) is 0 Å². The highest BCUT2D eigenvalue weighted by Crippen LogP contribution is 2.19. The van der Waals surface area contributed by atoms with Gasteiger partial charge in [0.25, 0.3) is 11.8 Å². The van der Waals surface area contributed by atoms with Crippen molar-refractivity contribution < 1.29 is 18.7 Å². The second-order valence-corrected chi connectivity index (χ2v) is 6.77. The summed E-state index contributed by atoms with van der Waals surface area (Å²) in [4.78, 5) is 24.7. The molecule has 6 heteroatoms. The number of nitrogens with one attached hydrogen (secondary N) is 2. The highest BCUT2D eigenvalue weighted by atomic mass is 16.5. The zero-order valence-electron chi connectivity index (χ0n) is 16.6. The lowest BCUT2D eigenvalue weighted by atomic mass is 10.1. The maximum atomic E-state index is 12.6. The molecule has 6 nitrogen and oxygen atoms in total. The Kier molecular flexibility index (Phi) is 6.09. The second-order valence-electron chi connectivity index (χ2n) is 6.77. The lowest BCUT2D eigenvalue weighted by Crippen LogP contribution is -2.14. The Morgan fingerprint density at radius 2 is 1.52 bits per heavy atom. The molecule has 2 N–H and O–H groups in total. The topological polar surface area (TPSA) is 80.6 Å². The molecule has 0 spiro atoms. The van der Waals surface area contributed by atoms with Gasteiger partial charge in [0.1, 0.15) is 12.4 Å². The maximum Gasteiger partial charge on any atom is 0.291 e. The molecule has 0 aliphatic rings. The number of rotatable bonds is 7. The van der Waals surface area contributed by atoms with Crippen LogP contribution in [0.15, 0.2) is 102 Å². The van der Waals surface area contributed by atoms with Crippen LogP contribution in [-0.2, 0) is 6.61 Å². The van der Waals surface area contributed by atoms with Gasteiger partial charge in [0.05, 0.1) is 6.26 Å².